The Bertz CT molecular complexity index is 1300. The zero-order valence-corrected chi connectivity index (χ0v) is 26.4. The molecule has 2 heteroatoms. The Kier molecular flexibility index (Phi) is 12.4. The average Bonchev–Trinajstić information content (AvgIpc) is 3.00. The first-order valence-electron chi connectivity index (χ1n) is 16.2. The molecular weight excluding hydrogens is 508 g/mol. The lowest BCUT2D eigenvalue weighted by atomic mass is 9.82. The average molecular weight is 561 g/mol. The summed E-state index contributed by atoms with van der Waals surface area (Å²) in [6, 6.07) is 39.7. The van der Waals surface area contributed by atoms with Crippen molar-refractivity contribution in [2.24, 2.45) is 5.73 Å². The van der Waals surface area contributed by atoms with Gasteiger partial charge in [0.2, 0.25) is 0 Å². The summed E-state index contributed by atoms with van der Waals surface area (Å²) in [4.78, 5) is 2.64. The monoisotopic (exact) mass is 560 g/mol. The number of nitrogens with two attached hydrogens (primary N) is 1. The van der Waals surface area contributed by atoms with Crippen molar-refractivity contribution in [3.8, 4) is 0 Å². The van der Waals surface area contributed by atoms with Crippen LogP contribution in [0.2, 0.25) is 0 Å². The van der Waals surface area contributed by atoms with Crippen molar-refractivity contribution in [2.75, 3.05) is 13.1 Å². The second-order valence-corrected chi connectivity index (χ2v) is 12.4. The Morgan fingerprint density at radius 2 is 1.12 bits per heavy atom. The first kappa shape index (κ1) is 31.7. The van der Waals surface area contributed by atoms with Gasteiger partial charge in [-0.05, 0) is 125 Å². The topological polar surface area (TPSA) is 29.3 Å². The molecule has 0 aliphatic heterocycles. The Morgan fingerprint density at radius 1 is 0.571 bits per heavy atom. The molecule has 4 aromatic rings. The van der Waals surface area contributed by atoms with E-state index in [1.165, 1.54) is 38.9 Å². The third-order valence-electron chi connectivity index (χ3n) is 8.70. The quantitative estimate of drug-likeness (QED) is 0.148. The molecule has 1 atom stereocenters. The standard InChI is InChI=1S/C40H52N2/c1-31(2)42(32(3)4)29-27-39(37-16-9-6-10-17-37)40-30-36(15-11-14-34-18-20-35(21-19-34)26-28-41)23-25-38(40)24-22-33-12-7-5-8-13-33/h5-10,12-13,16-21,23,25,30-32,39H,11,14-15,22,24,26-29,41H2,1-4H3/t39-/m1/s1. The second kappa shape index (κ2) is 16.4. The Labute approximate surface area is 256 Å². The summed E-state index contributed by atoms with van der Waals surface area (Å²) in [6.45, 7) is 11.1. The maximum absolute atomic E-state index is 5.73. The maximum atomic E-state index is 5.73. The van der Waals surface area contributed by atoms with Crippen molar-refractivity contribution in [1.82, 2.24) is 4.90 Å². The van der Waals surface area contributed by atoms with Gasteiger partial charge in [-0.3, -0.25) is 4.90 Å². The molecule has 0 amide bonds. The van der Waals surface area contributed by atoms with E-state index in [9.17, 15) is 0 Å². The molecule has 0 unspecified atom stereocenters. The fraction of sp³-hybridized carbons (Fsp3) is 0.400. The van der Waals surface area contributed by atoms with Gasteiger partial charge in [0.25, 0.3) is 0 Å². The molecule has 0 bridgehead atoms. The molecule has 0 spiro atoms. The zero-order chi connectivity index (χ0) is 29.7. The summed E-state index contributed by atoms with van der Waals surface area (Å²) in [5, 5.41) is 0. The molecule has 0 fully saturated rings. The summed E-state index contributed by atoms with van der Waals surface area (Å²) in [6.07, 6.45) is 7.57. The summed E-state index contributed by atoms with van der Waals surface area (Å²) < 4.78 is 0. The second-order valence-electron chi connectivity index (χ2n) is 12.4. The molecule has 4 rings (SSSR count). The van der Waals surface area contributed by atoms with Crippen molar-refractivity contribution in [1.29, 1.82) is 0 Å². The van der Waals surface area contributed by atoms with Gasteiger partial charge in [-0.1, -0.05) is 103 Å². The number of aryl methyl sites for hydroxylation is 4. The van der Waals surface area contributed by atoms with Gasteiger partial charge in [-0.25, -0.2) is 0 Å². The molecule has 0 saturated carbocycles. The highest BCUT2D eigenvalue weighted by molar-refractivity contribution is 5.41. The van der Waals surface area contributed by atoms with Gasteiger partial charge in [0, 0.05) is 18.0 Å². The molecule has 0 radical (unpaired) electrons. The molecule has 42 heavy (non-hydrogen) atoms. The van der Waals surface area contributed by atoms with E-state index < -0.39 is 0 Å². The van der Waals surface area contributed by atoms with Crippen LogP contribution in [0, 0.1) is 0 Å². The van der Waals surface area contributed by atoms with Crippen molar-refractivity contribution in [3.63, 3.8) is 0 Å². The van der Waals surface area contributed by atoms with E-state index in [1.54, 1.807) is 0 Å². The highest BCUT2D eigenvalue weighted by atomic mass is 15.2. The third-order valence-corrected chi connectivity index (χ3v) is 8.70. The highest BCUT2D eigenvalue weighted by Gasteiger charge is 2.21. The summed E-state index contributed by atoms with van der Waals surface area (Å²) >= 11 is 0. The smallest absolute Gasteiger partial charge is 0.0104 e. The zero-order valence-electron chi connectivity index (χ0n) is 26.4. The van der Waals surface area contributed by atoms with Gasteiger partial charge in [-0.2, -0.15) is 0 Å². The van der Waals surface area contributed by atoms with Crippen molar-refractivity contribution < 1.29 is 0 Å². The van der Waals surface area contributed by atoms with Gasteiger partial charge >= 0.3 is 0 Å². The van der Waals surface area contributed by atoms with Crippen LogP contribution >= 0.6 is 0 Å². The van der Waals surface area contributed by atoms with Crippen LogP contribution < -0.4 is 5.73 Å². The predicted octanol–water partition coefficient (Wildman–Crippen LogP) is 8.79. The number of hydrogen-bond acceptors (Lipinski definition) is 2. The fourth-order valence-electron chi connectivity index (χ4n) is 6.39. The first-order valence-corrected chi connectivity index (χ1v) is 16.2. The van der Waals surface area contributed by atoms with Crippen LogP contribution in [0.3, 0.4) is 0 Å². The number of benzene rings is 4. The minimum absolute atomic E-state index is 0.381. The normalized spacial score (nSPS) is 12.4. The highest BCUT2D eigenvalue weighted by Crippen LogP contribution is 2.33. The van der Waals surface area contributed by atoms with Crippen LogP contribution in [-0.2, 0) is 32.1 Å². The van der Waals surface area contributed by atoms with Crippen LogP contribution in [0.1, 0.15) is 85.4 Å². The summed E-state index contributed by atoms with van der Waals surface area (Å²) in [5.41, 5.74) is 15.8. The van der Waals surface area contributed by atoms with E-state index in [4.69, 9.17) is 5.73 Å². The molecule has 0 heterocycles. The third kappa shape index (κ3) is 9.41. The number of hydrogen-bond donors (Lipinski definition) is 1. The van der Waals surface area contributed by atoms with Gasteiger partial charge in [0.15, 0.2) is 0 Å². The molecule has 0 aliphatic carbocycles. The lowest BCUT2D eigenvalue weighted by molar-refractivity contribution is 0.170. The predicted molar refractivity (Wildman–Crippen MR) is 181 cm³/mol. The molecule has 2 nitrogen and oxygen atoms in total. The van der Waals surface area contributed by atoms with E-state index in [0.29, 0.717) is 24.5 Å². The van der Waals surface area contributed by atoms with Crippen LogP contribution in [-0.4, -0.2) is 30.1 Å². The SMILES string of the molecule is CC(C)N(CC[C@H](c1ccccc1)c1cc(CCCc2ccc(CCN)cc2)ccc1CCc1ccccc1)C(C)C. The van der Waals surface area contributed by atoms with Crippen molar-refractivity contribution >= 4 is 0 Å². The van der Waals surface area contributed by atoms with Gasteiger partial charge < -0.3 is 5.73 Å². The van der Waals surface area contributed by atoms with Gasteiger partial charge in [0.05, 0.1) is 0 Å². The van der Waals surface area contributed by atoms with E-state index in [1.807, 2.05) is 0 Å². The molecule has 0 aliphatic rings. The van der Waals surface area contributed by atoms with Crippen LogP contribution in [0.5, 0.6) is 0 Å². The Morgan fingerprint density at radius 3 is 1.74 bits per heavy atom. The molecule has 222 valence electrons. The largest absolute Gasteiger partial charge is 0.330 e. The molecule has 2 N–H and O–H groups in total. The Hall–Kier alpha value is -3.20. The Balaban J connectivity index is 1.59. The van der Waals surface area contributed by atoms with E-state index in [2.05, 4.69) is 136 Å². The van der Waals surface area contributed by atoms with Gasteiger partial charge in [0.1, 0.15) is 0 Å². The molecule has 0 saturated heterocycles. The van der Waals surface area contributed by atoms with Crippen LogP contribution in [0.25, 0.3) is 0 Å². The minimum atomic E-state index is 0.381. The molecule has 4 aromatic carbocycles. The number of nitrogens with zero attached hydrogens (tertiary/aromatic N) is 1. The fourth-order valence-corrected chi connectivity index (χ4v) is 6.39. The molecule has 0 aromatic heterocycles. The minimum Gasteiger partial charge on any atom is -0.330 e. The van der Waals surface area contributed by atoms with E-state index in [-0.39, 0.29) is 0 Å². The van der Waals surface area contributed by atoms with Crippen LogP contribution in [0.4, 0.5) is 0 Å². The van der Waals surface area contributed by atoms with Crippen molar-refractivity contribution in [2.45, 2.75) is 90.6 Å². The van der Waals surface area contributed by atoms with E-state index >= 15 is 0 Å². The first-order chi connectivity index (χ1) is 20.4. The van der Waals surface area contributed by atoms with E-state index in [0.717, 1.165) is 51.5 Å². The number of rotatable bonds is 16. The lowest BCUT2D eigenvalue weighted by Crippen LogP contribution is -2.38. The van der Waals surface area contributed by atoms with Crippen molar-refractivity contribution in [3.05, 3.63) is 142 Å². The van der Waals surface area contributed by atoms with Crippen LogP contribution in [0.15, 0.2) is 103 Å². The molecular formula is C40H52N2. The lowest BCUT2D eigenvalue weighted by Gasteiger charge is -2.32. The summed E-state index contributed by atoms with van der Waals surface area (Å²) in [7, 11) is 0. The maximum Gasteiger partial charge on any atom is 0.0104 e. The van der Waals surface area contributed by atoms with Gasteiger partial charge in [-0.15, -0.1) is 0 Å². The summed E-state index contributed by atoms with van der Waals surface area (Å²) in [5.74, 6) is 0.381.